The van der Waals surface area contributed by atoms with Crippen molar-refractivity contribution in [3.63, 3.8) is 0 Å². The van der Waals surface area contributed by atoms with E-state index in [1.165, 1.54) is 63.9 Å². The van der Waals surface area contributed by atoms with Crippen molar-refractivity contribution in [3.05, 3.63) is 12.2 Å². The fourth-order valence-electron chi connectivity index (χ4n) is 2.38. The van der Waals surface area contributed by atoms with Crippen LogP contribution in [-0.4, -0.2) is 37.1 Å². The zero-order valence-corrected chi connectivity index (χ0v) is 10.7. The van der Waals surface area contributed by atoms with E-state index in [9.17, 15) is 0 Å². The van der Waals surface area contributed by atoms with E-state index >= 15 is 0 Å². The second-order valence-electron chi connectivity index (χ2n) is 5.67. The van der Waals surface area contributed by atoms with E-state index in [0.29, 0.717) is 0 Å². The lowest BCUT2D eigenvalue weighted by atomic mass is 9.96. The summed E-state index contributed by atoms with van der Waals surface area (Å²) in [4.78, 5) is 2.60. The van der Waals surface area contributed by atoms with Gasteiger partial charge in [-0.15, -0.1) is 6.58 Å². The van der Waals surface area contributed by atoms with E-state index in [1.54, 1.807) is 0 Å². The minimum Gasteiger partial charge on any atom is -0.314 e. The van der Waals surface area contributed by atoms with Gasteiger partial charge in [0.05, 0.1) is 0 Å². The Morgan fingerprint density at radius 1 is 1.25 bits per heavy atom. The van der Waals surface area contributed by atoms with Crippen molar-refractivity contribution >= 4 is 0 Å². The van der Waals surface area contributed by atoms with Gasteiger partial charge < -0.3 is 10.2 Å². The first kappa shape index (κ1) is 12.1. The SMILES string of the molecule is C=C(C)CCN1CCC(CNC2CC2)CC1. The van der Waals surface area contributed by atoms with Gasteiger partial charge >= 0.3 is 0 Å². The second kappa shape index (κ2) is 5.83. The van der Waals surface area contributed by atoms with Gasteiger partial charge in [-0.05, 0) is 64.6 Å². The molecule has 1 aliphatic carbocycles. The summed E-state index contributed by atoms with van der Waals surface area (Å²) in [6.07, 6.45) is 6.77. The molecule has 92 valence electrons. The average molecular weight is 222 g/mol. The summed E-state index contributed by atoms with van der Waals surface area (Å²) in [5, 5.41) is 3.66. The highest BCUT2D eigenvalue weighted by atomic mass is 15.1. The van der Waals surface area contributed by atoms with Crippen LogP contribution in [0.5, 0.6) is 0 Å². The maximum Gasteiger partial charge on any atom is 0.00683 e. The van der Waals surface area contributed by atoms with Crippen LogP contribution in [0.15, 0.2) is 12.2 Å². The molecular formula is C14H26N2. The van der Waals surface area contributed by atoms with Crippen molar-refractivity contribution in [2.24, 2.45) is 5.92 Å². The quantitative estimate of drug-likeness (QED) is 0.694. The Hall–Kier alpha value is -0.340. The molecule has 0 amide bonds. The lowest BCUT2D eigenvalue weighted by Gasteiger charge is -2.32. The Morgan fingerprint density at radius 3 is 2.50 bits per heavy atom. The normalized spacial score (nSPS) is 23.6. The molecule has 0 bridgehead atoms. The largest absolute Gasteiger partial charge is 0.314 e. The van der Waals surface area contributed by atoms with Crippen molar-refractivity contribution in [3.8, 4) is 0 Å². The topological polar surface area (TPSA) is 15.3 Å². The van der Waals surface area contributed by atoms with Crippen LogP contribution in [0.25, 0.3) is 0 Å². The predicted molar refractivity (Wildman–Crippen MR) is 69.6 cm³/mol. The van der Waals surface area contributed by atoms with Crippen LogP contribution in [0, 0.1) is 5.92 Å². The Morgan fingerprint density at radius 2 is 1.94 bits per heavy atom. The Bertz CT molecular complexity index is 225. The van der Waals surface area contributed by atoms with Crippen molar-refractivity contribution in [2.45, 2.75) is 45.1 Å². The summed E-state index contributed by atoms with van der Waals surface area (Å²) in [6.45, 7) is 11.2. The minimum atomic E-state index is 0.876. The molecule has 0 spiro atoms. The average Bonchev–Trinajstić information content (AvgIpc) is 3.09. The molecule has 0 aromatic heterocycles. The van der Waals surface area contributed by atoms with Gasteiger partial charge in [-0.2, -0.15) is 0 Å². The zero-order chi connectivity index (χ0) is 11.4. The van der Waals surface area contributed by atoms with Gasteiger partial charge in [0.15, 0.2) is 0 Å². The molecule has 0 aromatic carbocycles. The Kier molecular flexibility index (Phi) is 4.42. The molecule has 1 N–H and O–H groups in total. The molecule has 0 aromatic rings. The lowest BCUT2D eigenvalue weighted by molar-refractivity contribution is 0.184. The van der Waals surface area contributed by atoms with E-state index in [0.717, 1.165) is 12.0 Å². The van der Waals surface area contributed by atoms with Gasteiger partial charge in [0, 0.05) is 12.6 Å². The number of nitrogens with one attached hydrogen (secondary N) is 1. The molecule has 0 unspecified atom stereocenters. The van der Waals surface area contributed by atoms with Gasteiger partial charge in [-0.3, -0.25) is 0 Å². The standard InChI is InChI=1S/C14H26N2/c1-12(2)5-8-16-9-6-13(7-10-16)11-15-14-3-4-14/h13-15H,1,3-11H2,2H3. The van der Waals surface area contributed by atoms with Gasteiger partial charge in [-0.25, -0.2) is 0 Å². The Labute approximate surface area is 100 Å². The molecule has 2 nitrogen and oxygen atoms in total. The fourth-order valence-corrected chi connectivity index (χ4v) is 2.38. The third-order valence-corrected chi connectivity index (χ3v) is 3.83. The maximum absolute atomic E-state index is 3.97. The second-order valence-corrected chi connectivity index (χ2v) is 5.67. The molecule has 1 heterocycles. The minimum absolute atomic E-state index is 0.876. The summed E-state index contributed by atoms with van der Waals surface area (Å²) in [5.74, 6) is 0.932. The van der Waals surface area contributed by atoms with Crippen LogP contribution in [-0.2, 0) is 0 Å². The number of rotatable bonds is 6. The molecule has 2 aliphatic rings. The van der Waals surface area contributed by atoms with E-state index in [4.69, 9.17) is 0 Å². The highest BCUT2D eigenvalue weighted by Gasteiger charge is 2.23. The predicted octanol–water partition coefficient (Wildman–Crippen LogP) is 2.42. The highest BCUT2D eigenvalue weighted by molar-refractivity contribution is 4.89. The molecule has 1 saturated heterocycles. The molecule has 2 rings (SSSR count). The molecule has 1 aliphatic heterocycles. The van der Waals surface area contributed by atoms with Crippen LogP contribution in [0.2, 0.25) is 0 Å². The summed E-state index contributed by atoms with van der Waals surface area (Å²) in [5.41, 5.74) is 1.32. The van der Waals surface area contributed by atoms with E-state index in [2.05, 4.69) is 23.7 Å². The van der Waals surface area contributed by atoms with Gasteiger partial charge in [0.1, 0.15) is 0 Å². The summed E-state index contributed by atoms with van der Waals surface area (Å²) in [7, 11) is 0. The first-order chi connectivity index (χ1) is 7.74. The summed E-state index contributed by atoms with van der Waals surface area (Å²) < 4.78 is 0. The summed E-state index contributed by atoms with van der Waals surface area (Å²) >= 11 is 0. The molecule has 2 heteroatoms. The first-order valence-electron chi connectivity index (χ1n) is 6.84. The van der Waals surface area contributed by atoms with Crippen molar-refractivity contribution in [2.75, 3.05) is 26.2 Å². The van der Waals surface area contributed by atoms with Crippen molar-refractivity contribution in [1.82, 2.24) is 10.2 Å². The summed E-state index contributed by atoms with van der Waals surface area (Å²) in [6, 6.07) is 0.876. The van der Waals surface area contributed by atoms with Crippen LogP contribution in [0.4, 0.5) is 0 Å². The molecule has 0 atom stereocenters. The zero-order valence-electron chi connectivity index (χ0n) is 10.7. The Balaban J connectivity index is 1.56. The molecule has 2 fully saturated rings. The number of hydrogen-bond donors (Lipinski definition) is 1. The van der Waals surface area contributed by atoms with Gasteiger partial charge in [-0.1, -0.05) is 5.57 Å². The van der Waals surface area contributed by atoms with Crippen LogP contribution in [0.1, 0.15) is 39.0 Å². The maximum atomic E-state index is 3.97. The number of likely N-dealkylation sites (tertiary alicyclic amines) is 1. The van der Waals surface area contributed by atoms with Gasteiger partial charge in [0.2, 0.25) is 0 Å². The number of hydrogen-bond acceptors (Lipinski definition) is 2. The first-order valence-corrected chi connectivity index (χ1v) is 6.84. The van der Waals surface area contributed by atoms with E-state index in [1.807, 2.05) is 0 Å². The number of piperidine rings is 1. The highest BCUT2D eigenvalue weighted by Crippen LogP contribution is 2.21. The molecule has 16 heavy (non-hydrogen) atoms. The van der Waals surface area contributed by atoms with Gasteiger partial charge in [0.25, 0.3) is 0 Å². The molecule has 1 saturated carbocycles. The third-order valence-electron chi connectivity index (χ3n) is 3.83. The number of nitrogens with zero attached hydrogens (tertiary/aromatic N) is 1. The fraction of sp³-hybridized carbons (Fsp3) is 0.857. The van der Waals surface area contributed by atoms with Crippen molar-refractivity contribution in [1.29, 1.82) is 0 Å². The van der Waals surface area contributed by atoms with Crippen LogP contribution >= 0.6 is 0 Å². The van der Waals surface area contributed by atoms with Crippen LogP contribution < -0.4 is 5.32 Å². The van der Waals surface area contributed by atoms with E-state index in [-0.39, 0.29) is 0 Å². The molecular weight excluding hydrogens is 196 g/mol. The smallest absolute Gasteiger partial charge is 0.00683 e. The van der Waals surface area contributed by atoms with Crippen molar-refractivity contribution < 1.29 is 0 Å². The monoisotopic (exact) mass is 222 g/mol. The van der Waals surface area contributed by atoms with Crippen LogP contribution in [0.3, 0.4) is 0 Å². The lowest BCUT2D eigenvalue weighted by Crippen LogP contribution is -2.38. The van der Waals surface area contributed by atoms with E-state index < -0.39 is 0 Å². The molecule has 0 radical (unpaired) electrons. The third kappa shape index (κ3) is 4.26.